The number of aromatic hydroxyl groups is 1. The molecular weight excluding hydrogens is 293 g/mol. The maximum atomic E-state index is 9.88. The van der Waals surface area contributed by atoms with Gasteiger partial charge in [-0.3, -0.25) is 0 Å². The van der Waals surface area contributed by atoms with Crippen molar-refractivity contribution in [1.82, 2.24) is 5.32 Å². The third kappa shape index (κ3) is 2.93. The zero-order valence-electron chi connectivity index (χ0n) is 11.0. The summed E-state index contributed by atoms with van der Waals surface area (Å²) in [6.07, 6.45) is 0.943. The molecule has 0 unspecified atom stereocenters. The molecule has 1 atom stereocenters. The summed E-state index contributed by atoms with van der Waals surface area (Å²) in [4.78, 5) is 0. The Balaban J connectivity index is 0.00000147. The lowest BCUT2D eigenvalue weighted by Crippen LogP contribution is -2.20. The molecule has 1 heterocycles. The van der Waals surface area contributed by atoms with Crippen LogP contribution >= 0.6 is 24.0 Å². The summed E-state index contributed by atoms with van der Waals surface area (Å²) >= 11 is 6.02. The molecule has 0 aromatic heterocycles. The molecule has 2 nitrogen and oxygen atoms in total. The monoisotopic (exact) mass is 309 g/mol. The maximum absolute atomic E-state index is 9.88. The van der Waals surface area contributed by atoms with E-state index in [4.69, 9.17) is 11.6 Å². The highest BCUT2D eigenvalue weighted by atomic mass is 35.5. The normalized spacial score (nSPS) is 17.8. The minimum absolute atomic E-state index is 0. The fourth-order valence-corrected chi connectivity index (χ4v) is 2.91. The molecular formula is C16H17Cl2NO. The number of hydrogen-bond donors (Lipinski definition) is 2. The van der Waals surface area contributed by atoms with Crippen molar-refractivity contribution in [3.8, 4) is 5.75 Å². The number of benzene rings is 2. The molecule has 2 aromatic carbocycles. The van der Waals surface area contributed by atoms with Gasteiger partial charge in [-0.1, -0.05) is 41.9 Å². The van der Waals surface area contributed by atoms with Crippen LogP contribution < -0.4 is 5.32 Å². The number of fused-ring (bicyclic) bond motifs is 1. The molecule has 0 fully saturated rings. The van der Waals surface area contributed by atoms with Crippen LogP contribution in [0.15, 0.2) is 42.5 Å². The molecule has 0 bridgehead atoms. The summed E-state index contributed by atoms with van der Waals surface area (Å²) in [7, 11) is 0. The Morgan fingerprint density at radius 3 is 2.65 bits per heavy atom. The highest BCUT2D eigenvalue weighted by Gasteiger charge is 2.21. The number of rotatable bonds is 1. The van der Waals surface area contributed by atoms with Crippen molar-refractivity contribution < 1.29 is 5.11 Å². The third-order valence-corrected chi connectivity index (χ3v) is 4.01. The summed E-state index contributed by atoms with van der Waals surface area (Å²) in [6.45, 7) is 1.83. The molecule has 0 saturated heterocycles. The second-order valence-electron chi connectivity index (χ2n) is 4.92. The molecule has 0 aliphatic carbocycles. The van der Waals surface area contributed by atoms with Gasteiger partial charge in [0.2, 0.25) is 0 Å². The van der Waals surface area contributed by atoms with Crippen LogP contribution in [0.1, 0.15) is 22.6 Å². The molecule has 20 heavy (non-hydrogen) atoms. The largest absolute Gasteiger partial charge is 0.506 e. The molecule has 2 N–H and O–H groups in total. The van der Waals surface area contributed by atoms with Crippen molar-refractivity contribution in [3.05, 3.63) is 64.2 Å². The van der Waals surface area contributed by atoms with E-state index < -0.39 is 0 Å². The Hall–Kier alpha value is -1.22. The molecule has 2 aromatic rings. The minimum Gasteiger partial charge on any atom is -0.506 e. The standard InChI is InChI=1S/C16H16ClNO.ClH/c17-15-8-12-6-7-18-10-14(13(12)9-16(15)19)11-4-2-1-3-5-11;/h1-5,8-9,14,18-19H,6-7,10H2;1H/t14-;/m0./s1. The van der Waals surface area contributed by atoms with E-state index in [-0.39, 0.29) is 24.1 Å². The van der Waals surface area contributed by atoms with E-state index in [1.807, 2.05) is 18.2 Å². The number of halogens is 2. The number of hydrogen-bond acceptors (Lipinski definition) is 2. The lowest BCUT2D eigenvalue weighted by atomic mass is 9.88. The van der Waals surface area contributed by atoms with Crippen LogP contribution in [0.5, 0.6) is 5.75 Å². The van der Waals surface area contributed by atoms with Crippen LogP contribution in [0.3, 0.4) is 0 Å². The smallest absolute Gasteiger partial charge is 0.134 e. The van der Waals surface area contributed by atoms with Crippen molar-refractivity contribution in [3.63, 3.8) is 0 Å². The third-order valence-electron chi connectivity index (χ3n) is 3.71. The summed E-state index contributed by atoms with van der Waals surface area (Å²) in [5, 5.41) is 13.8. The molecule has 0 saturated carbocycles. The first-order chi connectivity index (χ1) is 9.25. The van der Waals surface area contributed by atoms with E-state index >= 15 is 0 Å². The lowest BCUT2D eigenvalue weighted by molar-refractivity contribution is 0.474. The fourth-order valence-electron chi connectivity index (χ4n) is 2.72. The molecule has 1 aliphatic heterocycles. The highest BCUT2D eigenvalue weighted by molar-refractivity contribution is 6.32. The fraction of sp³-hybridized carbons (Fsp3) is 0.250. The van der Waals surface area contributed by atoms with E-state index in [2.05, 4.69) is 29.6 Å². The summed E-state index contributed by atoms with van der Waals surface area (Å²) in [5.74, 6) is 0.435. The molecule has 0 amide bonds. The van der Waals surface area contributed by atoms with E-state index in [1.165, 1.54) is 16.7 Å². The first-order valence-corrected chi connectivity index (χ1v) is 6.90. The van der Waals surface area contributed by atoms with E-state index in [9.17, 15) is 5.11 Å². The molecule has 0 radical (unpaired) electrons. The van der Waals surface area contributed by atoms with Crippen LogP contribution in [-0.4, -0.2) is 18.2 Å². The summed E-state index contributed by atoms with van der Waals surface area (Å²) in [5.41, 5.74) is 3.67. The van der Waals surface area contributed by atoms with Gasteiger partial charge in [0.1, 0.15) is 5.75 Å². The Morgan fingerprint density at radius 1 is 1.15 bits per heavy atom. The van der Waals surface area contributed by atoms with Gasteiger partial charge in [-0.25, -0.2) is 0 Å². The number of nitrogens with one attached hydrogen (secondary N) is 1. The van der Waals surface area contributed by atoms with Crippen molar-refractivity contribution >= 4 is 24.0 Å². The Morgan fingerprint density at radius 2 is 1.90 bits per heavy atom. The van der Waals surface area contributed by atoms with Crippen molar-refractivity contribution in [1.29, 1.82) is 0 Å². The first-order valence-electron chi connectivity index (χ1n) is 6.52. The second kappa shape index (κ2) is 6.49. The van der Waals surface area contributed by atoms with Crippen molar-refractivity contribution in [2.24, 2.45) is 0 Å². The molecule has 3 rings (SSSR count). The number of phenolic OH excluding ortho intramolecular Hbond substituents is 1. The van der Waals surface area contributed by atoms with E-state index in [0.717, 1.165) is 19.5 Å². The molecule has 0 spiro atoms. The van der Waals surface area contributed by atoms with E-state index in [0.29, 0.717) is 5.02 Å². The van der Waals surface area contributed by atoms with Gasteiger partial charge >= 0.3 is 0 Å². The van der Waals surface area contributed by atoms with Gasteiger partial charge < -0.3 is 10.4 Å². The van der Waals surface area contributed by atoms with Gasteiger partial charge in [0, 0.05) is 12.5 Å². The zero-order valence-corrected chi connectivity index (χ0v) is 12.5. The van der Waals surface area contributed by atoms with Gasteiger partial charge in [0.25, 0.3) is 0 Å². The molecule has 1 aliphatic rings. The van der Waals surface area contributed by atoms with Gasteiger partial charge in [0.15, 0.2) is 0 Å². The average Bonchev–Trinajstić information content (AvgIpc) is 2.63. The van der Waals surface area contributed by atoms with E-state index in [1.54, 1.807) is 0 Å². The van der Waals surface area contributed by atoms with Crippen LogP contribution in [0.4, 0.5) is 0 Å². The first kappa shape index (κ1) is 15.2. The topological polar surface area (TPSA) is 32.3 Å². The summed E-state index contributed by atoms with van der Waals surface area (Å²) < 4.78 is 0. The quantitative estimate of drug-likeness (QED) is 0.841. The maximum Gasteiger partial charge on any atom is 0.134 e. The lowest BCUT2D eigenvalue weighted by Gasteiger charge is -2.19. The number of phenols is 1. The van der Waals surface area contributed by atoms with Gasteiger partial charge in [-0.2, -0.15) is 0 Å². The minimum atomic E-state index is 0. The molecule has 4 heteroatoms. The van der Waals surface area contributed by atoms with Crippen molar-refractivity contribution in [2.75, 3.05) is 13.1 Å². The van der Waals surface area contributed by atoms with Gasteiger partial charge in [0.05, 0.1) is 5.02 Å². The van der Waals surface area contributed by atoms with Crippen LogP contribution in [0.25, 0.3) is 0 Å². The molecule has 106 valence electrons. The van der Waals surface area contributed by atoms with Crippen LogP contribution in [0, 0.1) is 0 Å². The summed E-state index contributed by atoms with van der Waals surface area (Å²) in [6, 6.07) is 14.1. The van der Waals surface area contributed by atoms with Gasteiger partial charge in [-0.15, -0.1) is 12.4 Å². The second-order valence-corrected chi connectivity index (χ2v) is 5.33. The highest BCUT2D eigenvalue weighted by Crippen LogP contribution is 2.35. The zero-order chi connectivity index (χ0) is 13.2. The Kier molecular flexibility index (Phi) is 4.92. The van der Waals surface area contributed by atoms with Gasteiger partial charge in [-0.05, 0) is 41.8 Å². The SMILES string of the molecule is Cl.Oc1cc2c(cc1Cl)CCNC[C@H]2c1ccccc1. The van der Waals surface area contributed by atoms with Crippen LogP contribution in [0.2, 0.25) is 5.02 Å². The Labute approximate surface area is 130 Å². The van der Waals surface area contributed by atoms with Crippen LogP contribution in [-0.2, 0) is 6.42 Å². The van der Waals surface area contributed by atoms with Crippen molar-refractivity contribution in [2.45, 2.75) is 12.3 Å². The average molecular weight is 310 g/mol. The predicted molar refractivity (Wildman–Crippen MR) is 85.2 cm³/mol. The predicted octanol–water partition coefficient (Wildman–Crippen LogP) is 3.75. The Bertz CT molecular complexity index is 587.